The van der Waals surface area contributed by atoms with Gasteiger partial charge in [0.1, 0.15) is 14.4 Å². The van der Waals surface area contributed by atoms with E-state index in [-0.39, 0.29) is 0 Å². The minimum atomic E-state index is -4.68. The van der Waals surface area contributed by atoms with Crippen molar-refractivity contribution in [1.82, 2.24) is 0 Å². The number of rotatable bonds is 3. The molecule has 0 aliphatic carbocycles. The second-order valence-electron chi connectivity index (χ2n) is 4.34. The van der Waals surface area contributed by atoms with E-state index in [1.807, 2.05) is 20.8 Å². The summed E-state index contributed by atoms with van der Waals surface area (Å²) in [5.41, 5.74) is 2.09. The van der Waals surface area contributed by atoms with Crippen LogP contribution in [0.3, 0.4) is 0 Å². The molecule has 19 heavy (non-hydrogen) atoms. The molecule has 110 valence electrons. The topological polar surface area (TPSA) is 0 Å². The van der Waals surface area contributed by atoms with Gasteiger partial charge in [-0.05, 0) is 42.0 Å². The molecule has 0 aromatic rings. The van der Waals surface area contributed by atoms with Crippen molar-refractivity contribution in [3.8, 4) is 0 Å². The second kappa shape index (κ2) is 6.43. The first-order valence-electron chi connectivity index (χ1n) is 5.70. The van der Waals surface area contributed by atoms with E-state index in [9.17, 15) is 17.6 Å². The van der Waals surface area contributed by atoms with Gasteiger partial charge in [0.2, 0.25) is 0 Å². The third-order valence-corrected chi connectivity index (χ3v) is 6.85. The van der Waals surface area contributed by atoms with Crippen LogP contribution in [0.25, 0.3) is 0 Å². The zero-order chi connectivity index (χ0) is 14.8. The third-order valence-electron chi connectivity index (χ3n) is 2.90. The predicted octanol–water partition coefficient (Wildman–Crippen LogP) is 6.05. The van der Waals surface area contributed by atoms with E-state index in [0.29, 0.717) is 17.9 Å². The fraction of sp³-hybridized carbons (Fsp3) is 0.667. The fourth-order valence-corrected chi connectivity index (χ4v) is 5.44. The highest BCUT2D eigenvalue weighted by Crippen LogP contribution is 2.54. The molecule has 0 fully saturated rings. The van der Waals surface area contributed by atoms with Crippen molar-refractivity contribution < 1.29 is 17.6 Å². The summed E-state index contributed by atoms with van der Waals surface area (Å²) in [6.45, 7) is 5.61. The summed E-state index contributed by atoms with van der Waals surface area (Å²) in [6.07, 6.45) is -4.38. The normalized spacial score (nSPS) is 26.5. The van der Waals surface area contributed by atoms with E-state index in [4.69, 9.17) is 0 Å². The number of thioether (sulfide) groups is 2. The van der Waals surface area contributed by atoms with E-state index in [2.05, 4.69) is 15.9 Å². The lowest BCUT2D eigenvalue weighted by Crippen LogP contribution is -2.29. The molecule has 1 atom stereocenters. The van der Waals surface area contributed by atoms with Crippen LogP contribution in [0.1, 0.15) is 27.2 Å². The highest BCUT2D eigenvalue weighted by molar-refractivity contribution is 9.11. The zero-order valence-electron chi connectivity index (χ0n) is 10.8. The number of hydrogen-bond donors (Lipinski definition) is 0. The molecule has 0 aromatic heterocycles. The molecule has 0 aromatic carbocycles. The molecular formula is C12H15BrF4S2. The Morgan fingerprint density at radius 3 is 2.37 bits per heavy atom. The average molecular weight is 379 g/mol. The molecule has 0 nitrogen and oxygen atoms in total. The van der Waals surface area contributed by atoms with Gasteiger partial charge in [0.05, 0.1) is 0 Å². The van der Waals surface area contributed by atoms with Crippen LogP contribution in [-0.2, 0) is 0 Å². The summed E-state index contributed by atoms with van der Waals surface area (Å²) in [6, 6.07) is 0. The first-order valence-corrected chi connectivity index (χ1v) is 8.46. The van der Waals surface area contributed by atoms with Crippen LogP contribution >= 0.6 is 39.5 Å². The van der Waals surface area contributed by atoms with Crippen LogP contribution in [0.5, 0.6) is 0 Å². The highest BCUT2D eigenvalue weighted by Gasteiger charge is 2.46. The van der Waals surface area contributed by atoms with Gasteiger partial charge in [0, 0.05) is 5.75 Å². The standard InChI is InChI=1S/C12H15BrF4S2/c1-4-18-11(5-7(2)8(3)6-19-11)10(14)9(13)12(15,16)17/h4-6H2,1-3H3/b10-9+. The molecule has 7 heteroatoms. The Balaban J connectivity index is 3.23. The summed E-state index contributed by atoms with van der Waals surface area (Å²) in [4.78, 5) is 0. The summed E-state index contributed by atoms with van der Waals surface area (Å²) >= 11 is 4.84. The molecule has 0 saturated carbocycles. The Morgan fingerprint density at radius 1 is 1.37 bits per heavy atom. The van der Waals surface area contributed by atoms with E-state index >= 15 is 0 Å². The quantitative estimate of drug-likeness (QED) is 0.433. The molecule has 0 spiro atoms. The van der Waals surface area contributed by atoms with Crippen molar-refractivity contribution in [2.75, 3.05) is 11.5 Å². The molecule has 1 aliphatic rings. The maximum absolute atomic E-state index is 14.4. The Bertz CT molecular complexity index is 414. The van der Waals surface area contributed by atoms with Gasteiger partial charge in [-0.3, -0.25) is 0 Å². The van der Waals surface area contributed by atoms with E-state index in [1.54, 1.807) is 0 Å². The van der Waals surface area contributed by atoms with Gasteiger partial charge in [0.15, 0.2) is 0 Å². The van der Waals surface area contributed by atoms with E-state index in [1.165, 1.54) is 23.5 Å². The number of halogens is 5. The highest BCUT2D eigenvalue weighted by atomic mass is 79.9. The lowest BCUT2D eigenvalue weighted by Gasteiger charge is -2.36. The summed E-state index contributed by atoms with van der Waals surface area (Å²) < 4.78 is 49.9. The Kier molecular flexibility index (Phi) is 5.90. The van der Waals surface area contributed by atoms with Crippen molar-refractivity contribution >= 4 is 39.5 Å². The maximum atomic E-state index is 14.4. The largest absolute Gasteiger partial charge is 0.425 e. The fourth-order valence-electron chi connectivity index (χ4n) is 1.72. The van der Waals surface area contributed by atoms with Crippen molar-refractivity contribution in [2.45, 2.75) is 37.4 Å². The monoisotopic (exact) mass is 378 g/mol. The Morgan fingerprint density at radius 2 is 1.95 bits per heavy atom. The van der Waals surface area contributed by atoms with Crippen molar-refractivity contribution in [1.29, 1.82) is 0 Å². The van der Waals surface area contributed by atoms with Gasteiger partial charge in [-0.1, -0.05) is 18.1 Å². The smallest absolute Gasteiger partial charge is 0.208 e. The number of alkyl halides is 3. The molecule has 0 N–H and O–H groups in total. The molecule has 0 bridgehead atoms. The summed E-state index contributed by atoms with van der Waals surface area (Å²) in [5.74, 6) is 0.0126. The molecule has 0 amide bonds. The van der Waals surface area contributed by atoms with Gasteiger partial charge in [0.25, 0.3) is 0 Å². The zero-order valence-corrected chi connectivity index (χ0v) is 14.0. The van der Waals surface area contributed by atoms with E-state index in [0.717, 1.165) is 11.1 Å². The average Bonchev–Trinajstić information content (AvgIpc) is 2.31. The molecule has 1 unspecified atom stereocenters. The van der Waals surface area contributed by atoms with Gasteiger partial charge in [-0.25, -0.2) is 4.39 Å². The lowest BCUT2D eigenvalue weighted by molar-refractivity contribution is -0.0847. The molecule has 1 aliphatic heterocycles. The van der Waals surface area contributed by atoms with E-state index < -0.39 is 20.6 Å². The molecule has 0 saturated heterocycles. The second-order valence-corrected chi connectivity index (χ2v) is 8.23. The number of hydrogen-bond acceptors (Lipinski definition) is 2. The van der Waals surface area contributed by atoms with Crippen LogP contribution in [0.2, 0.25) is 0 Å². The molecule has 1 heterocycles. The number of allylic oxidation sites excluding steroid dienone is 2. The van der Waals surface area contributed by atoms with Gasteiger partial charge in [-0.2, -0.15) is 13.2 Å². The van der Waals surface area contributed by atoms with Crippen LogP contribution in [0, 0.1) is 0 Å². The Hall–Kier alpha value is 0.380. The first kappa shape index (κ1) is 17.4. The van der Waals surface area contributed by atoms with Crippen molar-refractivity contribution in [2.24, 2.45) is 0 Å². The summed E-state index contributed by atoms with van der Waals surface area (Å²) in [5, 5.41) is 0. The minimum absolute atomic E-state index is 0.305. The maximum Gasteiger partial charge on any atom is 0.425 e. The first-order chi connectivity index (χ1) is 8.64. The van der Waals surface area contributed by atoms with Crippen LogP contribution < -0.4 is 0 Å². The van der Waals surface area contributed by atoms with Crippen molar-refractivity contribution in [3.05, 3.63) is 21.5 Å². The van der Waals surface area contributed by atoms with Crippen molar-refractivity contribution in [3.63, 3.8) is 0 Å². The van der Waals surface area contributed by atoms with Gasteiger partial charge < -0.3 is 0 Å². The third kappa shape index (κ3) is 3.94. The van der Waals surface area contributed by atoms with Crippen LogP contribution in [0.4, 0.5) is 17.6 Å². The van der Waals surface area contributed by atoms with Crippen LogP contribution in [-0.4, -0.2) is 21.8 Å². The molecule has 1 rings (SSSR count). The molecular weight excluding hydrogens is 364 g/mol. The minimum Gasteiger partial charge on any atom is -0.208 e. The van der Waals surface area contributed by atoms with Crippen LogP contribution in [0.15, 0.2) is 21.5 Å². The van der Waals surface area contributed by atoms with Gasteiger partial charge in [-0.15, -0.1) is 23.5 Å². The predicted molar refractivity (Wildman–Crippen MR) is 79.4 cm³/mol. The van der Waals surface area contributed by atoms with Gasteiger partial charge >= 0.3 is 6.18 Å². The Labute approximate surface area is 127 Å². The SMILES string of the molecule is CCSC1(/C(F)=C(\Br)C(F)(F)F)CC(C)=C(C)CS1. The summed E-state index contributed by atoms with van der Waals surface area (Å²) in [7, 11) is 0. The lowest BCUT2D eigenvalue weighted by atomic mass is 10.0. The molecule has 0 radical (unpaired) electrons.